The highest BCUT2D eigenvalue weighted by molar-refractivity contribution is 6.05. The Labute approximate surface area is 188 Å². The van der Waals surface area contributed by atoms with E-state index in [1.165, 1.54) is 16.5 Å². The summed E-state index contributed by atoms with van der Waals surface area (Å²) < 4.78 is 0. The number of fused-ring (bicyclic) bond motifs is 6. The maximum absolute atomic E-state index is 12.7. The third-order valence-corrected chi connectivity index (χ3v) is 7.75. The summed E-state index contributed by atoms with van der Waals surface area (Å²) in [4.78, 5) is 36.0. The molecule has 2 aliphatic heterocycles. The molecule has 166 valence electrons. The Morgan fingerprint density at radius 3 is 2.28 bits per heavy atom. The molecule has 6 heteroatoms. The largest absolute Gasteiger partial charge is 0.368 e. The molecule has 0 N–H and O–H groups in total. The van der Waals surface area contributed by atoms with Crippen LogP contribution < -0.4 is 4.90 Å². The third kappa shape index (κ3) is 3.24. The maximum Gasteiger partial charge on any atom is 0.258 e. The van der Waals surface area contributed by atoms with Gasteiger partial charge in [-0.15, -0.1) is 0 Å². The van der Waals surface area contributed by atoms with Gasteiger partial charge in [0, 0.05) is 43.8 Å². The van der Waals surface area contributed by atoms with Gasteiger partial charge in [-0.25, -0.2) is 0 Å². The van der Waals surface area contributed by atoms with E-state index in [9.17, 15) is 9.59 Å². The van der Waals surface area contributed by atoms with Crippen molar-refractivity contribution in [3.63, 3.8) is 0 Å². The van der Waals surface area contributed by atoms with Crippen molar-refractivity contribution in [3.8, 4) is 0 Å². The Kier molecular flexibility index (Phi) is 5.00. The van der Waals surface area contributed by atoms with Crippen LogP contribution in [0.1, 0.15) is 12.8 Å². The van der Waals surface area contributed by atoms with Gasteiger partial charge in [0.15, 0.2) is 0 Å². The number of carbonyl (C=O) groups is 2. The van der Waals surface area contributed by atoms with E-state index in [-0.39, 0.29) is 35.5 Å². The van der Waals surface area contributed by atoms with Crippen LogP contribution >= 0.6 is 0 Å². The lowest BCUT2D eigenvalue weighted by atomic mass is 9.85. The lowest BCUT2D eigenvalue weighted by Crippen LogP contribution is -2.47. The highest BCUT2D eigenvalue weighted by Gasteiger charge is 2.60. The number of amides is 2. The van der Waals surface area contributed by atoms with Gasteiger partial charge in [-0.3, -0.25) is 19.3 Å². The van der Waals surface area contributed by atoms with Crippen molar-refractivity contribution in [3.05, 3.63) is 54.6 Å². The number of allylic oxidation sites excluding steroid dienone is 2. The Bertz CT molecular complexity index is 1040. The van der Waals surface area contributed by atoms with E-state index in [0.717, 1.165) is 50.6 Å². The van der Waals surface area contributed by atoms with Gasteiger partial charge in [0.1, 0.15) is 0 Å². The van der Waals surface area contributed by atoms with Crippen molar-refractivity contribution < 1.29 is 14.4 Å². The maximum atomic E-state index is 12.7. The van der Waals surface area contributed by atoms with Gasteiger partial charge in [0.2, 0.25) is 0 Å². The Morgan fingerprint density at radius 2 is 1.53 bits per heavy atom. The summed E-state index contributed by atoms with van der Waals surface area (Å²) >= 11 is 0. The van der Waals surface area contributed by atoms with Gasteiger partial charge in [0.05, 0.1) is 18.4 Å². The second-order valence-electron chi connectivity index (χ2n) is 9.48. The molecule has 2 amide bonds. The standard InChI is InChI=1S/C26H29N3O3/c30-25-23-19-9-10-20(17-19)24(23)26(31)29(25)32-16-4-11-27-12-14-28(15-13-27)22-8-3-6-18-5-1-2-7-21(18)22/h1-3,5-10,19-20,23-24H,4,11-17H2/t19-,20+,23?,24?. The van der Waals surface area contributed by atoms with Crippen LogP contribution in [-0.2, 0) is 14.4 Å². The van der Waals surface area contributed by atoms with Crippen molar-refractivity contribution in [1.29, 1.82) is 0 Å². The molecular formula is C26H29N3O3. The minimum atomic E-state index is -0.181. The number of rotatable bonds is 6. The molecule has 0 aromatic heterocycles. The van der Waals surface area contributed by atoms with E-state index in [1.807, 2.05) is 0 Å². The van der Waals surface area contributed by atoms with Crippen LogP contribution in [0.3, 0.4) is 0 Å². The molecule has 4 aliphatic rings. The molecule has 3 fully saturated rings. The first-order valence-electron chi connectivity index (χ1n) is 11.8. The second-order valence-corrected chi connectivity index (χ2v) is 9.48. The average Bonchev–Trinajstić information content (AvgIpc) is 3.51. The molecule has 2 aromatic carbocycles. The van der Waals surface area contributed by atoms with Gasteiger partial charge in [-0.1, -0.05) is 48.6 Å². The number of piperazine rings is 1. The SMILES string of the molecule is O=C1C2C(C(=O)N1OCCCN1CCN(c3cccc4ccccc34)CC1)[C@H]1C=C[C@@H]2C1. The molecule has 2 unspecified atom stereocenters. The van der Waals surface area contributed by atoms with E-state index < -0.39 is 0 Å². The summed E-state index contributed by atoms with van der Waals surface area (Å²) in [7, 11) is 0. The van der Waals surface area contributed by atoms with Crippen LogP contribution in [0, 0.1) is 23.7 Å². The van der Waals surface area contributed by atoms with Crippen molar-refractivity contribution in [1.82, 2.24) is 9.96 Å². The zero-order chi connectivity index (χ0) is 21.7. The lowest BCUT2D eigenvalue weighted by molar-refractivity contribution is -0.190. The van der Waals surface area contributed by atoms with Gasteiger partial charge >= 0.3 is 0 Å². The van der Waals surface area contributed by atoms with Crippen LogP contribution in [0.5, 0.6) is 0 Å². The molecule has 2 bridgehead atoms. The first-order valence-corrected chi connectivity index (χ1v) is 11.8. The summed E-state index contributed by atoms with van der Waals surface area (Å²) in [6, 6.07) is 15.1. The van der Waals surface area contributed by atoms with Crippen LogP contribution in [0.25, 0.3) is 10.8 Å². The number of hydrogen-bond donors (Lipinski definition) is 0. The number of hydrogen-bond acceptors (Lipinski definition) is 5. The highest BCUT2D eigenvalue weighted by atomic mass is 16.7. The Hall–Kier alpha value is -2.70. The summed E-state index contributed by atoms with van der Waals surface area (Å²) in [5.74, 6) is -0.151. The van der Waals surface area contributed by atoms with Crippen LogP contribution in [0.4, 0.5) is 5.69 Å². The molecule has 0 radical (unpaired) electrons. The molecule has 0 spiro atoms. The number of anilines is 1. The minimum Gasteiger partial charge on any atom is -0.368 e. The van der Waals surface area contributed by atoms with E-state index in [1.54, 1.807) is 0 Å². The molecule has 4 atom stereocenters. The summed E-state index contributed by atoms with van der Waals surface area (Å²) in [5.41, 5.74) is 1.31. The summed E-state index contributed by atoms with van der Waals surface area (Å²) in [6.45, 7) is 5.32. The fraction of sp³-hybridized carbons (Fsp3) is 0.462. The normalized spacial score (nSPS) is 29.5. The van der Waals surface area contributed by atoms with E-state index in [4.69, 9.17) is 4.84 Å². The lowest BCUT2D eigenvalue weighted by Gasteiger charge is -2.36. The van der Waals surface area contributed by atoms with Crippen LogP contribution in [0.15, 0.2) is 54.6 Å². The van der Waals surface area contributed by atoms with Crippen molar-refractivity contribution in [2.24, 2.45) is 23.7 Å². The molecule has 2 aromatic rings. The van der Waals surface area contributed by atoms with Crippen molar-refractivity contribution in [2.45, 2.75) is 12.8 Å². The van der Waals surface area contributed by atoms with E-state index >= 15 is 0 Å². The number of carbonyl (C=O) groups excluding carboxylic acids is 2. The smallest absolute Gasteiger partial charge is 0.258 e. The first kappa shape index (κ1) is 19.9. The Balaban J connectivity index is 0.979. The van der Waals surface area contributed by atoms with Gasteiger partial charge in [-0.05, 0) is 36.1 Å². The van der Waals surface area contributed by atoms with Crippen molar-refractivity contribution >= 4 is 28.3 Å². The number of imide groups is 1. The van der Waals surface area contributed by atoms with Crippen LogP contribution in [-0.4, -0.2) is 61.1 Å². The minimum absolute atomic E-state index is 0.124. The first-order chi connectivity index (χ1) is 15.7. The quantitative estimate of drug-likeness (QED) is 0.400. The molecule has 2 saturated heterocycles. The third-order valence-electron chi connectivity index (χ3n) is 7.75. The number of hydroxylamine groups is 2. The topological polar surface area (TPSA) is 53.1 Å². The molecular weight excluding hydrogens is 402 g/mol. The molecule has 1 saturated carbocycles. The predicted octanol–water partition coefficient (Wildman–Crippen LogP) is 3.09. The van der Waals surface area contributed by atoms with Gasteiger partial charge in [0.25, 0.3) is 11.8 Å². The van der Waals surface area contributed by atoms with Gasteiger partial charge < -0.3 is 4.90 Å². The molecule has 2 aliphatic carbocycles. The zero-order valence-electron chi connectivity index (χ0n) is 18.2. The fourth-order valence-electron chi connectivity index (χ4n) is 6.14. The predicted molar refractivity (Wildman–Crippen MR) is 123 cm³/mol. The summed E-state index contributed by atoms with van der Waals surface area (Å²) in [6.07, 6.45) is 5.98. The highest BCUT2D eigenvalue weighted by Crippen LogP contribution is 2.52. The summed E-state index contributed by atoms with van der Waals surface area (Å²) in [5, 5.41) is 3.67. The van der Waals surface area contributed by atoms with Crippen LogP contribution in [0.2, 0.25) is 0 Å². The fourth-order valence-corrected chi connectivity index (χ4v) is 6.14. The van der Waals surface area contributed by atoms with Crippen molar-refractivity contribution in [2.75, 3.05) is 44.2 Å². The van der Waals surface area contributed by atoms with E-state index in [2.05, 4.69) is 64.4 Å². The van der Waals surface area contributed by atoms with Gasteiger partial charge in [-0.2, -0.15) is 5.06 Å². The molecule has 2 heterocycles. The average molecular weight is 432 g/mol. The number of nitrogens with zero attached hydrogens (tertiary/aromatic N) is 3. The van der Waals surface area contributed by atoms with E-state index in [0.29, 0.717) is 6.61 Å². The zero-order valence-corrected chi connectivity index (χ0v) is 18.2. The number of benzene rings is 2. The Morgan fingerprint density at radius 1 is 0.844 bits per heavy atom. The second kappa shape index (κ2) is 8.01. The monoisotopic (exact) mass is 431 g/mol. The molecule has 6 nitrogen and oxygen atoms in total. The molecule has 6 rings (SSSR count). The molecule has 32 heavy (non-hydrogen) atoms.